The molecule has 0 spiro atoms. The Morgan fingerprint density at radius 2 is 1.83 bits per heavy atom. The van der Waals surface area contributed by atoms with Gasteiger partial charge in [-0.2, -0.15) is 0 Å². The Kier molecular flexibility index (Phi) is 2.79. The number of hydrogen-bond acceptors (Lipinski definition) is 3. The van der Waals surface area contributed by atoms with E-state index in [1.165, 1.54) is 0 Å². The molecule has 0 saturated heterocycles. The van der Waals surface area contributed by atoms with Crippen LogP contribution in [0.25, 0.3) is 0 Å². The van der Waals surface area contributed by atoms with E-state index < -0.39 is 12.2 Å². The van der Waals surface area contributed by atoms with Crippen molar-refractivity contribution in [2.75, 3.05) is 5.32 Å². The SMILES string of the molecule is O=C(Nc1ccccc1)C(O)O. The number of benzene rings is 1. The molecule has 0 atom stereocenters. The molecule has 0 saturated carbocycles. The van der Waals surface area contributed by atoms with E-state index in [9.17, 15) is 4.79 Å². The summed E-state index contributed by atoms with van der Waals surface area (Å²) in [4.78, 5) is 10.7. The molecule has 0 aromatic heterocycles. The van der Waals surface area contributed by atoms with Gasteiger partial charge in [-0.1, -0.05) is 18.2 Å². The zero-order valence-corrected chi connectivity index (χ0v) is 6.27. The maximum atomic E-state index is 10.7. The first-order chi connectivity index (χ1) is 5.70. The molecule has 0 radical (unpaired) electrons. The predicted molar refractivity (Wildman–Crippen MR) is 43.3 cm³/mol. The molecule has 3 N–H and O–H groups in total. The molecule has 0 aliphatic heterocycles. The minimum atomic E-state index is -1.97. The fourth-order valence-electron chi connectivity index (χ4n) is 0.728. The smallest absolute Gasteiger partial charge is 0.280 e. The highest BCUT2D eigenvalue weighted by molar-refractivity contribution is 5.92. The van der Waals surface area contributed by atoms with Crippen molar-refractivity contribution < 1.29 is 15.0 Å². The van der Waals surface area contributed by atoms with E-state index in [0.717, 1.165) is 0 Å². The normalized spacial score (nSPS) is 9.92. The molecule has 0 bridgehead atoms. The van der Waals surface area contributed by atoms with Gasteiger partial charge in [0.05, 0.1) is 0 Å². The van der Waals surface area contributed by atoms with Crippen molar-refractivity contribution >= 4 is 11.6 Å². The molecule has 0 unspecified atom stereocenters. The van der Waals surface area contributed by atoms with E-state index in [2.05, 4.69) is 5.32 Å². The van der Waals surface area contributed by atoms with Crippen molar-refractivity contribution in [2.24, 2.45) is 0 Å². The Balaban J connectivity index is 2.59. The fourth-order valence-corrected chi connectivity index (χ4v) is 0.728. The molecule has 12 heavy (non-hydrogen) atoms. The van der Waals surface area contributed by atoms with Gasteiger partial charge >= 0.3 is 0 Å². The number of carbonyl (C=O) groups is 1. The highest BCUT2D eigenvalue weighted by Gasteiger charge is 2.09. The first-order valence-electron chi connectivity index (χ1n) is 3.42. The third kappa shape index (κ3) is 2.34. The van der Waals surface area contributed by atoms with Crippen LogP contribution in [0.3, 0.4) is 0 Å². The maximum Gasteiger partial charge on any atom is 0.280 e. The average molecular weight is 167 g/mol. The summed E-state index contributed by atoms with van der Waals surface area (Å²) >= 11 is 0. The van der Waals surface area contributed by atoms with Gasteiger partial charge in [0.1, 0.15) is 0 Å². The molecule has 1 amide bonds. The molecular formula is C8H9NO3. The minimum Gasteiger partial charge on any atom is -0.361 e. The van der Waals surface area contributed by atoms with Crippen molar-refractivity contribution in [3.63, 3.8) is 0 Å². The molecule has 0 heterocycles. The summed E-state index contributed by atoms with van der Waals surface area (Å²) in [5.74, 6) is -0.832. The Hall–Kier alpha value is -1.39. The van der Waals surface area contributed by atoms with E-state index >= 15 is 0 Å². The molecule has 0 aliphatic carbocycles. The third-order valence-corrected chi connectivity index (χ3v) is 1.28. The summed E-state index contributed by atoms with van der Waals surface area (Å²) in [6.07, 6.45) is -1.97. The van der Waals surface area contributed by atoms with Crippen LogP contribution in [0.15, 0.2) is 30.3 Å². The highest BCUT2D eigenvalue weighted by Crippen LogP contribution is 2.04. The summed E-state index contributed by atoms with van der Waals surface area (Å²) in [5, 5.41) is 19.2. The molecule has 0 aliphatic rings. The number of aliphatic hydroxyl groups excluding tert-OH is 1. The summed E-state index contributed by atoms with van der Waals surface area (Å²) in [7, 11) is 0. The average Bonchev–Trinajstić information content (AvgIpc) is 2.06. The Labute approximate surface area is 69.5 Å². The van der Waals surface area contributed by atoms with Crippen LogP contribution < -0.4 is 5.32 Å². The monoisotopic (exact) mass is 167 g/mol. The van der Waals surface area contributed by atoms with E-state index in [-0.39, 0.29) is 0 Å². The quantitative estimate of drug-likeness (QED) is 0.540. The van der Waals surface area contributed by atoms with Gasteiger partial charge in [-0.05, 0) is 12.1 Å². The van der Waals surface area contributed by atoms with E-state index in [1.807, 2.05) is 0 Å². The molecule has 64 valence electrons. The molecular weight excluding hydrogens is 158 g/mol. The van der Waals surface area contributed by atoms with E-state index in [0.29, 0.717) is 5.69 Å². The number of para-hydroxylation sites is 1. The summed E-state index contributed by atoms with van der Waals surface area (Å²) in [6, 6.07) is 8.57. The van der Waals surface area contributed by atoms with Crippen LogP contribution in [0, 0.1) is 0 Å². The summed E-state index contributed by atoms with van der Waals surface area (Å²) in [5.41, 5.74) is 0.538. The summed E-state index contributed by atoms with van der Waals surface area (Å²) in [6.45, 7) is 0. The van der Waals surface area contributed by atoms with Crippen molar-refractivity contribution in [3.8, 4) is 0 Å². The molecule has 1 rings (SSSR count). The molecule has 1 aromatic carbocycles. The van der Waals surface area contributed by atoms with Gasteiger partial charge in [-0.25, -0.2) is 0 Å². The number of amides is 1. The van der Waals surface area contributed by atoms with Crippen LogP contribution in [0.2, 0.25) is 0 Å². The highest BCUT2D eigenvalue weighted by atomic mass is 16.5. The number of nitrogens with one attached hydrogen (secondary N) is 1. The van der Waals surface area contributed by atoms with Crippen molar-refractivity contribution in [3.05, 3.63) is 30.3 Å². The largest absolute Gasteiger partial charge is 0.361 e. The van der Waals surface area contributed by atoms with Crippen molar-refractivity contribution in [1.29, 1.82) is 0 Å². The second-order valence-electron chi connectivity index (χ2n) is 2.23. The number of carbonyl (C=O) groups excluding carboxylic acids is 1. The van der Waals surface area contributed by atoms with Gasteiger partial charge in [-0.15, -0.1) is 0 Å². The lowest BCUT2D eigenvalue weighted by Crippen LogP contribution is -2.26. The third-order valence-electron chi connectivity index (χ3n) is 1.28. The first-order valence-corrected chi connectivity index (χ1v) is 3.42. The van der Waals surface area contributed by atoms with Gasteiger partial charge in [-0.3, -0.25) is 4.79 Å². The van der Waals surface area contributed by atoms with Gasteiger partial charge in [0.25, 0.3) is 5.91 Å². The first kappa shape index (κ1) is 8.70. The molecule has 4 heteroatoms. The lowest BCUT2D eigenvalue weighted by Gasteiger charge is -2.04. The lowest BCUT2D eigenvalue weighted by atomic mass is 10.3. The van der Waals surface area contributed by atoms with Crippen LogP contribution in [-0.4, -0.2) is 22.4 Å². The summed E-state index contributed by atoms with van der Waals surface area (Å²) < 4.78 is 0. The van der Waals surface area contributed by atoms with E-state index in [4.69, 9.17) is 10.2 Å². The minimum absolute atomic E-state index is 0.538. The van der Waals surface area contributed by atoms with Crippen molar-refractivity contribution in [2.45, 2.75) is 6.29 Å². The molecule has 4 nitrogen and oxygen atoms in total. The Bertz CT molecular complexity index is 258. The topological polar surface area (TPSA) is 69.6 Å². The number of rotatable bonds is 2. The number of aliphatic hydroxyl groups is 2. The van der Waals surface area contributed by atoms with Gasteiger partial charge in [0.2, 0.25) is 6.29 Å². The van der Waals surface area contributed by atoms with Crippen molar-refractivity contribution in [1.82, 2.24) is 0 Å². The zero-order valence-electron chi connectivity index (χ0n) is 6.27. The van der Waals surface area contributed by atoms with Crippen LogP contribution in [0.1, 0.15) is 0 Å². The van der Waals surface area contributed by atoms with Crippen LogP contribution >= 0.6 is 0 Å². The van der Waals surface area contributed by atoms with Gasteiger partial charge in [0.15, 0.2) is 0 Å². The number of anilines is 1. The van der Waals surface area contributed by atoms with Crippen LogP contribution in [-0.2, 0) is 4.79 Å². The lowest BCUT2D eigenvalue weighted by molar-refractivity contribution is -0.141. The molecule has 0 fully saturated rings. The maximum absolute atomic E-state index is 10.7. The van der Waals surface area contributed by atoms with Crippen LogP contribution in [0.5, 0.6) is 0 Å². The Morgan fingerprint density at radius 3 is 2.33 bits per heavy atom. The molecule has 1 aromatic rings. The second-order valence-corrected chi connectivity index (χ2v) is 2.23. The van der Waals surface area contributed by atoms with Gasteiger partial charge in [0, 0.05) is 5.69 Å². The fraction of sp³-hybridized carbons (Fsp3) is 0.125. The standard InChI is InChI=1S/C8H9NO3/c10-7(8(11)12)9-6-4-2-1-3-5-6/h1-5,8,11-12H,(H,9,10). The Morgan fingerprint density at radius 1 is 1.25 bits per heavy atom. The zero-order chi connectivity index (χ0) is 8.97. The number of hydrogen-bond donors (Lipinski definition) is 3. The van der Waals surface area contributed by atoms with Gasteiger partial charge < -0.3 is 15.5 Å². The van der Waals surface area contributed by atoms with E-state index in [1.54, 1.807) is 30.3 Å². The predicted octanol–water partition coefficient (Wildman–Crippen LogP) is -0.0642. The van der Waals surface area contributed by atoms with Crippen LogP contribution in [0.4, 0.5) is 5.69 Å². The second kappa shape index (κ2) is 3.85.